The molecule has 1 saturated heterocycles. The second kappa shape index (κ2) is 6.16. The van der Waals surface area contributed by atoms with E-state index in [2.05, 4.69) is 10.4 Å². The highest BCUT2D eigenvalue weighted by atomic mass is 32.2. The molecule has 7 heteroatoms. The highest BCUT2D eigenvalue weighted by Crippen LogP contribution is 2.17. The van der Waals surface area contributed by atoms with E-state index in [0.29, 0.717) is 18.5 Å². The number of carbonyl (C=O) groups is 1. The molecule has 0 saturated carbocycles. The third kappa shape index (κ3) is 3.61. The Hall–Kier alpha value is -2.15. The van der Waals surface area contributed by atoms with Crippen molar-refractivity contribution in [2.45, 2.75) is 13.3 Å². The summed E-state index contributed by atoms with van der Waals surface area (Å²) in [6.07, 6.45) is 2.35. The Morgan fingerprint density at radius 1 is 1.30 bits per heavy atom. The maximum atomic E-state index is 12.1. The lowest BCUT2D eigenvalue weighted by molar-refractivity contribution is 0.0948. The molecule has 0 radical (unpaired) electrons. The van der Waals surface area contributed by atoms with E-state index < -0.39 is 9.84 Å². The summed E-state index contributed by atoms with van der Waals surface area (Å²) in [4.78, 5) is 12.1. The van der Waals surface area contributed by atoms with Crippen LogP contribution in [0, 0.1) is 12.8 Å². The normalized spacial score (nSPS) is 19.6. The topological polar surface area (TPSA) is 81.1 Å². The van der Waals surface area contributed by atoms with Gasteiger partial charge in [0.05, 0.1) is 17.2 Å². The van der Waals surface area contributed by atoms with Crippen LogP contribution in [0.1, 0.15) is 22.5 Å². The van der Waals surface area contributed by atoms with Crippen molar-refractivity contribution >= 4 is 15.7 Å². The lowest BCUT2D eigenvalue weighted by Crippen LogP contribution is -2.29. The van der Waals surface area contributed by atoms with Gasteiger partial charge < -0.3 is 5.32 Å². The predicted molar refractivity (Wildman–Crippen MR) is 87.4 cm³/mol. The lowest BCUT2D eigenvalue weighted by atomic mass is 10.1. The van der Waals surface area contributed by atoms with Gasteiger partial charge in [-0.05, 0) is 49.6 Å². The number of aromatic nitrogens is 2. The van der Waals surface area contributed by atoms with Gasteiger partial charge >= 0.3 is 0 Å². The number of sulfone groups is 1. The molecular weight excluding hydrogens is 314 g/mol. The largest absolute Gasteiger partial charge is 0.352 e. The zero-order chi connectivity index (χ0) is 16.4. The van der Waals surface area contributed by atoms with Gasteiger partial charge in [0.2, 0.25) is 0 Å². The number of amides is 1. The number of nitrogens with one attached hydrogen (secondary N) is 1. The summed E-state index contributed by atoms with van der Waals surface area (Å²) >= 11 is 0. The molecule has 1 amide bonds. The summed E-state index contributed by atoms with van der Waals surface area (Å²) in [5, 5.41) is 7.04. The molecule has 0 bridgehead atoms. The number of aryl methyl sites for hydroxylation is 1. The minimum atomic E-state index is -2.90. The second-order valence-electron chi connectivity index (χ2n) is 5.91. The van der Waals surface area contributed by atoms with Crippen LogP contribution in [0.25, 0.3) is 5.69 Å². The van der Waals surface area contributed by atoms with Gasteiger partial charge in [-0.15, -0.1) is 0 Å². The fourth-order valence-corrected chi connectivity index (χ4v) is 4.63. The van der Waals surface area contributed by atoms with E-state index in [4.69, 9.17) is 0 Å². The SMILES string of the molecule is Cc1ccnn1-c1ccc(C(=O)NCC2CCS(=O)(=O)C2)cc1. The van der Waals surface area contributed by atoms with Crippen molar-refractivity contribution in [3.63, 3.8) is 0 Å². The van der Waals surface area contributed by atoms with Crippen molar-refractivity contribution in [1.82, 2.24) is 15.1 Å². The molecule has 2 heterocycles. The average Bonchev–Trinajstić information content (AvgIpc) is 3.10. The first-order valence-corrected chi connectivity index (χ1v) is 9.36. The number of hydrogen-bond donors (Lipinski definition) is 1. The van der Waals surface area contributed by atoms with Crippen LogP contribution >= 0.6 is 0 Å². The summed E-state index contributed by atoms with van der Waals surface area (Å²) in [5.74, 6) is 0.240. The van der Waals surface area contributed by atoms with Crippen LogP contribution in [0.2, 0.25) is 0 Å². The number of nitrogens with zero attached hydrogens (tertiary/aromatic N) is 2. The van der Waals surface area contributed by atoms with Crippen molar-refractivity contribution in [2.75, 3.05) is 18.1 Å². The van der Waals surface area contributed by atoms with E-state index in [1.165, 1.54) is 0 Å². The van der Waals surface area contributed by atoms with E-state index in [1.54, 1.807) is 23.0 Å². The van der Waals surface area contributed by atoms with Crippen LogP contribution in [-0.4, -0.2) is 42.2 Å². The molecule has 0 aliphatic carbocycles. The van der Waals surface area contributed by atoms with E-state index in [0.717, 1.165) is 11.4 Å². The predicted octanol–water partition coefficient (Wildman–Crippen LogP) is 1.35. The maximum Gasteiger partial charge on any atom is 0.251 e. The van der Waals surface area contributed by atoms with Gasteiger partial charge in [0, 0.05) is 24.0 Å². The Bertz CT molecular complexity index is 809. The van der Waals surface area contributed by atoms with Gasteiger partial charge in [-0.1, -0.05) is 0 Å². The highest BCUT2D eigenvalue weighted by molar-refractivity contribution is 7.91. The molecule has 1 aliphatic rings. The number of hydrogen-bond acceptors (Lipinski definition) is 4. The minimum absolute atomic E-state index is 0.0231. The standard InChI is InChI=1S/C16H19N3O3S/c1-12-6-8-18-19(12)15-4-2-14(3-5-15)16(20)17-10-13-7-9-23(21,22)11-13/h2-6,8,13H,7,9-11H2,1H3,(H,17,20). The Balaban J connectivity index is 1.61. The van der Waals surface area contributed by atoms with Crippen molar-refractivity contribution < 1.29 is 13.2 Å². The Kier molecular flexibility index (Phi) is 4.21. The Labute approximate surface area is 135 Å². The van der Waals surface area contributed by atoms with Crippen molar-refractivity contribution in [3.05, 3.63) is 47.8 Å². The van der Waals surface area contributed by atoms with Crippen LogP contribution in [0.4, 0.5) is 0 Å². The van der Waals surface area contributed by atoms with Crippen LogP contribution in [0.15, 0.2) is 36.5 Å². The highest BCUT2D eigenvalue weighted by Gasteiger charge is 2.27. The summed E-state index contributed by atoms with van der Waals surface area (Å²) in [6.45, 7) is 2.36. The number of carbonyl (C=O) groups excluding carboxylic acids is 1. The summed E-state index contributed by atoms with van der Waals surface area (Å²) in [7, 11) is -2.90. The van der Waals surface area contributed by atoms with Crippen molar-refractivity contribution in [2.24, 2.45) is 5.92 Å². The molecule has 1 unspecified atom stereocenters. The van der Waals surface area contributed by atoms with Crippen molar-refractivity contribution in [1.29, 1.82) is 0 Å². The van der Waals surface area contributed by atoms with Crippen molar-refractivity contribution in [3.8, 4) is 5.69 Å². The molecule has 23 heavy (non-hydrogen) atoms. The Morgan fingerprint density at radius 3 is 2.61 bits per heavy atom. The fourth-order valence-electron chi connectivity index (χ4n) is 2.77. The molecule has 1 atom stereocenters. The molecule has 1 aliphatic heterocycles. The van der Waals surface area contributed by atoms with Crippen LogP contribution in [0.5, 0.6) is 0 Å². The lowest BCUT2D eigenvalue weighted by Gasteiger charge is -2.10. The second-order valence-corrected chi connectivity index (χ2v) is 8.14. The zero-order valence-corrected chi connectivity index (χ0v) is 13.7. The van der Waals surface area contributed by atoms with Gasteiger partial charge in [-0.25, -0.2) is 13.1 Å². The number of rotatable bonds is 4. The third-order valence-electron chi connectivity index (χ3n) is 4.08. The monoisotopic (exact) mass is 333 g/mol. The van der Waals surface area contributed by atoms with Gasteiger partial charge in [0.15, 0.2) is 9.84 Å². The van der Waals surface area contributed by atoms with Gasteiger partial charge in [-0.2, -0.15) is 5.10 Å². The first-order chi connectivity index (χ1) is 10.9. The molecular formula is C16H19N3O3S. The van der Waals surface area contributed by atoms with Crippen LogP contribution < -0.4 is 5.32 Å². The van der Waals surface area contributed by atoms with E-state index in [1.807, 2.05) is 25.1 Å². The summed E-state index contributed by atoms with van der Waals surface area (Å²) < 4.78 is 24.6. The van der Waals surface area contributed by atoms with E-state index in [-0.39, 0.29) is 23.3 Å². The molecule has 6 nitrogen and oxygen atoms in total. The molecule has 3 rings (SSSR count). The molecule has 2 aromatic rings. The smallest absolute Gasteiger partial charge is 0.251 e. The summed E-state index contributed by atoms with van der Waals surface area (Å²) in [6, 6.07) is 9.09. The van der Waals surface area contributed by atoms with Gasteiger partial charge in [0.25, 0.3) is 5.91 Å². The molecule has 122 valence electrons. The van der Waals surface area contributed by atoms with Crippen LogP contribution in [0.3, 0.4) is 0 Å². The van der Waals surface area contributed by atoms with Crippen LogP contribution in [-0.2, 0) is 9.84 Å². The summed E-state index contributed by atoms with van der Waals surface area (Å²) in [5.41, 5.74) is 2.47. The maximum absolute atomic E-state index is 12.1. The molecule has 1 fully saturated rings. The van der Waals surface area contributed by atoms with Gasteiger partial charge in [-0.3, -0.25) is 4.79 Å². The fraction of sp³-hybridized carbons (Fsp3) is 0.375. The third-order valence-corrected chi connectivity index (χ3v) is 5.92. The molecule has 1 aromatic carbocycles. The number of benzene rings is 1. The quantitative estimate of drug-likeness (QED) is 0.916. The van der Waals surface area contributed by atoms with E-state index >= 15 is 0 Å². The first-order valence-electron chi connectivity index (χ1n) is 7.54. The Morgan fingerprint density at radius 2 is 2.04 bits per heavy atom. The minimum Gasteiger partial charge on any atom is -0.352 e. The molecule has 0 spiro atoms. The van der Waals surface area contributed by atoms with Gasteiger partial charge in [0.1, 0.15) is 0 Å². The molecule has 1 N–H and O–H groups in total. The average molecular weight is 333 g/mol. The van der Waals surface area contributed by atoms with E-state index in [9.17, 15) is 13.2 Å². The first kappa shape index (κ1) is 15.7. The molecule has 1 aromatic heterocycles. The zero-order valence-electron chi connectivity index (χ0n) is 12.9.